The Morgan fingerprint density at radius 2 is 2.16 bits per heavy atom. The van der Waals surface area contributed by atoms with Crippen LogP contribution in [0.1, 0.15) is 33.1 Å². The zero-order chi connectivity index (χ0) is 13.4. The van der Waals surface area contributed by atoms with Crippen LogP contribution >= 0.6 is 0 Å². The number of carbonyl (C=O) groups is 1. The molecule has 0 aromatic heterocycles. The Hall–Kier alpha value is -0.450. The van der Waals surface area contributed by atoms with Gasteiger partial charge in [-0.25, -0.2) is 0 Å². The average molecular weight is 266 g/mol. The van der Waals surface area contributed by atoms with Gasteiger partial charge in [-0.2, -0.15) is 0 Å². The van der Waals surface area contributed by atoms with Crippen molar-refractivity contribution in [3.05, 3.63) is 0 Å². The fraction of sp³-hybridized carbons (Fsp3) is 0.933. The van der Waals surface area contributed by atoms with E-state index >= 15 is 0 Å². The van der Waals surface area contributed by atoms with Gasteiger partial charge in [0, 0.05) is 44.1 Å². The van der Waals surface area contributed by atoms with E-state index in [0.29, 0.717) is 30.4 Å². The number of ether oxygens (including phenoxy) is 1. The Labute approximate surface area is 116 Å². The lowest BCUT2D eigenvalue weighted by atomic mass is 9.90. The number of piperidine rings is 1. The summed E-state index contributed by atoms with van der Waals surface area (Å²) < 4.78 is 6.04. The van der Waals surface area contributed by atoms with Gasteiger partial charge in [0.25, 0.3) is 0 Å². The maximum atomic E-state index is 11.7. The molecule has 0 aliphatic carbocycles. The van der Waals surface area contributed by atoms with Gasteiger partial charge >= 0.3 is 0 Å². The number of rotatable bonds is 2. The van der Waals surface area contributed by atoms with Crippen molar-refractivity contribution in [2.75, 3.05) is 32.8 Å². The SMILES string of the molecule is CC1C(=O)CCN(CC2CN3CCCC3CO2)C1C. The van der Waals surface area contributed by atoms with E-state index in [1.165, 1.54) is 19.4 Å². The first-order valence-corrected chi connectivity index (χ1v) is 7.77. The van der Waals surface area contributed by atoms with E-state index in [9.17, 15) is 4.79 Å². The third kappa shape index (κ3) is 2.71. The van der Waals surface area contributed by atoms with Crippen LogP contribution < -0.4 is 0 Å². The van der Waals surface area contributed by atoms with Crippen LogP contribution in [0.3, 0.4) is 0 Å². The van der Waals surface area contributed by atoms with Gasteiger partial charge in [-0.1, -0.05) is 6.92 Å². The van der Waals surface area contributed by atoms with Crippen molar-refractivity contribution in [3.8, 4) is 0 Å². The third-order valence-corrected chi connectivity index (χ3v) is 5.35. The highest BCUT2D eigenvalue weighted by atomic mass is 16.5. The van der Waals surface area contributed by atoms with Crippen molar-refractivity contribution < 1.29 is 9.53 Å². The second-order valence-electron chi connectivity index (χ2n) is 6.49. The predicted molar refractivity (Wildman–Crippen MR) is 74.2 cm³/mol. The molecule has 4 atom stereocenters. The second kappa shape index (κ2) is 5.51. The zero-order valence-electron chi connectivity index (χ0n) is 12.2. The summed E-state index contributed by atoms with van der Waals surface area (Å²) in [5.41, 5.74) is 0. The van der Waals surface area contributed by atoms with Crippen LogP contribution in [-0.2, 0) is 9.53 Å². The van der Waals surface area contributed by atoms with E-state index in [1.807, 2.05) is 0 Å². The molecule has 3 fully saturated rings. The number of fused-ring (bicyclic) bond motifs is 1. The van der Waals surface area contributed by atoms with Crippen molar-refractivity contribution in [3.63, 3.8) is 0 Å². The molecular formula is C15H26N2O2. The first kappa shape index (κ1) is 13.5. The van der Waals surface area contributed by atoms with Gasteiger partial charge in [-0.3, -0.25) is 14.6 Å². The van der Waals surface area contributed by atoms with Crippen LogP contribution in [0.25, 0.3) is 0 Å². The molecule has 4 nitrogen and oxygen atoms in total. The molecule has 3 aliphatic heterocycles. The van der Waals surface area contributed by atoms with Gasteiger partial charge in [-0.15, -0.1) is 0 Å². The molecule has 19 heavy (non-hydrogen) atoms. The van der Waals surface area contributed by atoms with Gasteiger partial charge in [-0.05, 0) is 26.3 Å². The van der Waals surface area contributed by atoms with Crippen LogP contribution in [0.4, 0.5) is 0 Å². The van der Waals surface area contributed by atoms with E-state index in [2.05, 4.69) is 23.6 Å². The smallest absolute Gasteiger partial charge is 0.138 e. The van der Waals surface area contributed by atoms with E-state index in [1.54, 1.807) is 0 Å². The zero-order valence-corrected chi connectivity index (χ0v) is 12.2. The molecule has 0 spiro atoms. The van der Waals surface area contributed by atoms with Gasteiger partial charge in [0.15, 0.2) is 0 Å². The minimum absolute atomic E-state index is 0.178. The second-order valence-corrected chi connectivity index (χ2v) is 6.49. The van der Waals surface area contributed by atoms with E-state index in [-0.39, 0.29) is 5.92 Å². The molecule has 0 radical (unpaired) electrons. The number of Topliss-reactive ketones (excluding diaryl/α,β-unsaturated/α-hetero) is 1. The maximum absolute atomic E-state index is 11.7. The van der Waals surface area contributed by atoms with Crippen molar-refractivity contribution in [1.82, 2.24) is 9.80 Å². The van der Waals surface area contributed by atoms with Crippen LogP contribution in [0.2, 0.25) is 0 Å². The normalized spacial score (nSPS) is 41.5. The van der Waals surface area contributed by atoms with Gasteiger partial charge < -0.3 is 4.74 Å². The third-order valence-electron chi connectivity index (χ3n) is 5.35. The summed E-state index contributed by atoms with van der Waals surface area (Å²) in [6.45, 7) is 9.38. The van der Waals surface area contributed by atoms with Crippen LogP contribution in [0.5, 0.6) is 0 Å². The van der Waals surface area contributed by atoms with Gasteiger partial charge in [0.1, 0.15) is 5.78 Å². The Morgan fingerprint density at radius 1 is 1.32 bits per heavy atom. The molecule has 3 heterocycles. The lowest BCUT2D eigenvalue weighted by molar-refractivity contribution is -0.129. The quantitative estimate of drug-likeness (QED) is 0.750. The van der Waals surface area contributed by atoms with Gasteiger partial charge in [0.05, 0.1) is 12.7 Å². The summed E-state index contributed by atoms with van der Waals surface area (Å²) in [6.07, 6.45) is 3.67. The summed E-state index contributed by atoms with van der Waals surface area (Å²) in [5, 5.41) is 0. The molecule has 0 saturated carbocycles. The highest BCUT2D eigenvalue weighted by molar-refractivity contribution is 5.82. The summed E-state index contributed by atoms with van der Waals surface area (Å²) >= 11 is 0. The monoisotopic (exact) mass is 266 g/mol. The van der Waals surface area contributed by atoms with Crippen molar-refractivity contribution >= 4 is 5.78 Å². The van der Waals surface area contributed by atoms with Crippen molar-refractivity contribution in [2.45, 2.75) is 51.3 Å². The number of hydrogen-bond acceptors (Lipinski definition) is 4. The molecule has 0 aromatic rings. The molecular weight excluding hydrogens is 240 g/mol. The van der Waals surface area contributed by atoms with Crippen molar-refractivity contribution in [2.24, 2.45) is 5.92 Å². The highest BCUT2D eigenvalue weighted by Gasteiger charge is 2.36. The molecule has 0 N–H and O–H groups in total. The van der Waals surface area contributed by atoms with Crippen LogP contribution in [-0.4, -0.2) is 66.6 Å². The lowest BCUT2D eigenvalue weighted by Crippen LogP contribution is -2.54. The fourth-order valence-corrected chi connectivity index (χ4v) is 3.79. The van der Waals surface area contributed by atoms with Gasteiger partial charge in [0.2, 0.25) is 0 Å². The average Bonchev–Trinajstić information content (AvgIpc) is 2.87. The topological polar surface area (TPSA) is 32.8 Å². The minimum Gasteiger partial charge on any atom is -0.374 e. The summed E-state index contributed by atoms with van der Waals surface area (Å²) in [7, 11) is 0. The summed E-state index contributed by atoms with van der Waals surface area (Å²) in [5.74, 6) is 0.602. The molecule has 4 heteroatoms. The molecule has 4 unspecified atom stereocenters. The predicted octanol–water partition coefficient (Wildman–Crippen LogP) is 1.15. The standard InChI is InChI=1S/C15H26N2O2/c1-11-12(2)16(7-5-15(11)18)8-14-9-17-6-3-4-13(17)10-19-14/h11-14H,3-10H2,1-2H3. The molecule has 3 rings (SSSR count). The highest BCUT2D eigenvalue weighted by Crippen LogP contribution is 2.25. The fourth-order valence-electron chi connectivity index (χ4n) is 3.79. The number of likely N-dealkylation sites (tertiary alicyclic amines) is 1. The lowest BCUT2D eigenvalue weighted by Gasteiger charge is -2.42. The number of morpholine rings is 1. The molecule has 0 bridgehead atoms. The van der Waals surface area contributed by atoms with E-state index < -0.39 is 0 Å². The Morgan fingerprint density at radius 3 is 3.00 bits per heavy atom. The number of nitrogens with zero attached hydrogens (tertiary/aromatic N) is 2. The molecule has 0 aromatic carbocycles. The molecule has 0 amide bonds. The van der Waals surface area contributed by atoms with E-state index in [0.717, 1.165) is 26.2 Å². The number of carbonyl (C=O) groups excluding carboxylic acids is 1. The van der Waals surface area contributed by atoms with Crippen molar-refractivity contribution in [1.29, 1.82) is 0 Å². The Bertz CT molecular complexity index is 347. The largest absolute Gasteiger partial charge is 0.374 e. The summed E-state index contributed by atoms with van der Waals surface area (Å²) in [4.78, 5) is 16.8. The molecule has 3 saturated heterocycles. The summed E-state index contributed by atoms with van der Waals surface area (Å²) in [6, 6.07) is 1.04. The first-order chi connectivity index (χ1) is 9.15. The maximum Gasteiger partial charge on any atom is 0.138 e. The first-order valence-electron chi connectivity index (χ1n) is 7.77. The molecule has 3 aliphatic rings. The number of ketones is 1. The van der Waals surface area contributed by atoms with Crippen LogP contribution in [0.15, 0.2) is 0 Å². The Kier molecular flexibility index (Phi) is 3.92. The van der Waals surface area contributed by atoms with E-state index in [4.69, 9.17) is 4.74 Å². The van der Waals surface area contributed by atoms with Crippen LogP contribution in [0, 0.1) is 5.92 Å². The Balaban J connectivity index is 1.55. The molecule has 108 valence electrons. The minimum atomic E-state index is 0.178. The number of hydrogen-bond donors (Lipinski definition) is 0.